The molecule has 7 nitrogen and oxygen atoms in total. The summed E-state index contributed by atoms with van der Waals surface area (Å²) in [6.07, 6.45) is 1.58. The number of nitrogens with one attached hydrogen (secondary N) is 1. The molecule has 33 heavy (non-hydrogen) atoms. The van der Waals surface area contributed by atoms with Crippen molar-refractivity contribution >= 4 is 22.7 Å². The molecule has 1 atom stereocenters. The molecular weight excluding hydrogens is 438 g/mol. The van der Waals surface area contributed by atoms with Crippen LogP contribution >= 0.6 is 0 Å². The smallest absolute Gasteiger partial charge is 0.236 e. The highest BCUT2D eigenvalue weighted by molar-refractivity contribution is 7.82. The minimum Gasteiger partial charge on any atom is -0.454 e. The fourth-order valence-corrected chi connectivity index (χ4v) is 4.89. The van der Waals surface area contributed by atoms with Crippen molar-refractivity contribution in [3.63, 3.8) is 0 Å². The topological polar surface area (TPSA) is 80.8 Å². The lowest BCUT2D eigenvalue weighted by molar-refractivity contribution is -0.118. The Morgan fingerprint density at radius 1 is 1.03 bits per heavy atom. The van der Waals surface area contributed by atoms with Crippen LogP contribution in [-0.2, 0) is 21.2 Å². The molecule has 2 heterocycles. The van der Waals surface area contributed by atoms with Gasteiger partial charge in [0, 0.05) is 11.3 Å². The monoisotopic (exact) mass is 463 g/mol. The van der Waals surface area contributed by atoms with E-state index in [-0.39, 0.29) is 12.7 Å². The van der Waals surface area contributed by atoms with Crippen molar-refractivity contribution in [3.8, 4) is 22.6 Å². The van der Waals surface area contributed by atoms with Crippen molar-refractivity contribution in [2.75, 3.05) is 26.2 Å². The number of ether oxygens (including phenoxy) is 2. The van der Waals surface area contributed by atoms with Crippen LogP contribution in [0.2, 0.25) is 0 Å². The maximum Gasteiger partial charge on any atom is 0.236 e. The first kappa shape index (κ1) is 21.6. The van der Waals surface area contributed by atoms with Crippen LogP contribution in [0.4, 0.5) is 5.82 Å². The molecular formula is C25H25N3O4S. The highest BCUT2D eigenvalue weighted by Crippen LogP contribution is 2.51. The van der Waals surface area contributed by atoms with E-state index in [4.69, 9.17) is 9.47 Å². The van der Waals surface area contributed by atoms with Crippen LogP contribution in [0, 0.1) is 6.92 Å². The average molecular weight is 464 g/mol. The molecule has 8 heteroatoms. The molecule has 0 spiro atoms. The van der Waals surface area contributed by atoms with Crippen molar-refractivity contribution in [1.82, 2.24) is 9.29 Å². The number of amides is 1. The van der Waals surface area contributed by atoms with Gasteiger partial charge in [0.1, 0.15) is 16.8 Å². The summed E-state index contributed by atoms with van der Waals surface area (Å²) in [5.41, 5.74) is 3.14. The van der Waals surface area contributed by atoms with Crippen molar-refractivity contribution in [2.24, 2.45) is 0 Å². The highest BCUT2D eigenvalue weighted by atomic mass is 32.2. The summed E-state index contributed by atoms with van der Waals surface area (Å²) in [6.45, 7) is 2.13. The number of fused-ring (bicyclic) bond motifs is 1. The fourth-order valence-electron chi connectivity index (χ4n) is 4.10. The molecule has 1 aromatic heterocycles. The van der Waals surface area contributed by atoms with E-state index in [2.05, 4.69) is 10.3 Å². The second-order valence-corrected chi connectivity index (χ2v) is 10.2. The Morgan fingerprint density at radius 3 is 2.42 bits per heavy atom. The fraction of sp³-hybridized carbons (Fsp3) is 0.280. The zero-order valence-electron chi connectivity index (χ0n) is 18.8. The minimum atomic E-state index is -1.18. The Labute approximate surface area is 195 Å². The molecule has 1 unspecified atom stereocenters. The van der Waals surface area contributed by atoms with E-state index in [0.717, 1.165) is 40.1 Å². The van der Waals surface area contributed by atoms with Gasteiger partial charge in [0.15, 0.2) is 11.5 Å². The van der Waals surface area contributed by atoms with Gasteiger partial charge in [0.25, 0.3) is 0 Å². The van der Waals surface area contributed by atoms with E-state index in [1.54, 1.807) is 18.4 Å². The number of anilines is 1. The first-order valence-electron chi connectivity index (χ1n) is 10.8. The van der Waals surface area contributed by atoms with Crippen LogP contribution < -0.4 is 14.8 Å². The second-order valence-electron chi connectivity index (χ2n) is 8.52. The minimum absolute atomic E-state index is 0.0588. The zero-order chi connectivity index (χ0) is 23.2. The van der Waals surface area contributed by atoms with E-state index in [1.807, 2.05) is 61.5 Å². The molecule has 2 aromatic carbocycles. The molecule has 5 rings (SSSR count). The molecule has 3 aromatic rings. The maximum atomic E-state index is 13.2. The summed E-state index contributed by atoms with van der Waals surface area (Å²) in [7, 11) is 2.38. The largest absolute Gasteiger partial charge is 0.454 e. The van der Waals surface area contributed by atoms with Gasteiger partial charge in [-0.15, -0.1) is 0 Å². The normalized spacial score (nSPS) is 16.5. The van der Waals surface area contributed by atoms with Gasteiger partial charge in [-0.3, -0.25) is 4.79 Å². The number of nitrogens with zero attached hydrogens (tertiary/aromatic N) is 2. The first-order chi connectivity index (χ1) is 15.9. The Kier molecular flexibility index (Phi) is 5.42. The summed E-state index contributed by atoms with van der Waals surface area (Å²) in [5.74, 6) is 1.87. The van der Waals surface area contributed by atoms with Gasteiger partial charge in [-0.1, -0.05) is 18.2 Å². The lowest BCUT2D eigenvalue weighted by Crippen LogP contribution is -2.28. The van der Waals surface area contributed by atoms with Gasteiger partial charge >= 0.3 is 0 Å². The van der Waals surface area contributed by atoms with E-state index in [0.29, 0.717) is 17.3 Å². The molecule has 2 aliphatic rings. The molecule has 1 fully saturated rings. The van der Waals surface area contributed by atoms with Crippen LogP contribution in [-0.4, -0.2) is 40.3 Å². The van der Waals surface area contributed by atoms with Crippen molar-refractivity contribution in [3.05, 3.63) is 65.9 Å². The predicted octanol–water partition coefficient (Wildman–Crippen LogP) is 4.04. The molecule has 1 amide bonds. The second kappa shape index (κ2) is 8.28. The zero-order valence-corrected chi connectivity index (χ0v) is 19.6. The number of pyridine rings is 1. The van der Waals surface area contributed by atoms with E-state index in [9.17, 15) is 9.00 Å². The summed E-state index contributed by atoms with van der Waals surface area (Å²) < 4.78 is 24.7. The first-order valence-corrected chi connectivity index (χ1v) is 11.9. The van der Waals surface area contributed by atoms with Gasteiger partial charge in [0.2, 0.25) is 12.7 Å². The molecule has 170 valence electrons. The van der Waals surface area contributed by atoms with E-state index in [1.165, 1.54) is 0 Å². The predicted molar refractivity (Wildman–Crippen MR) is 127 cm³/mol. The van der Waals surface area contributed by atoms with Crippen LogP contribution in [0.5, 0.6) is 11.5 Å². The molecule has 1 saturated carbocycles. The molecule has 0 saturated heterocycles. The SMILES string of the molecule is Cc1nc(NC(=O)C2(c3ccc4c(c3)OCO4)CC2)ccc1-c1ccc(S(=O)N(C)C)cc1. The van der Waals surface area contributed by atoms with Crippen molar-refractivity contribution in [1.29, 1.82) is 0 Å². The lowest BCUT2D eigenvalue weighted by atomic mass is 9.94. The lowest BCUT2D eigenvalue weighted by Gasteiger charge is -2.17. The van der Waals surface area contributed by atoms with E-state index < -0.39 is 16.4 Å². The van der Waals surface area contributed by atoms with Crippen LogP contribution in [0.15, 0.2) is 59.5 Å². The Bertz CT molecular complexity index is 1250. The Balaban J connectivity index is 1.33. The number of aromatic nitrogens is 1. The number of aryl methyl sites for hydroxylation is 1. The molecule has 1 aliphatic heterocycles. The summed E-state index contributed by atoms with van der Waals surface area (Å²) >= 11 is 0. The standard InChI is InChI=1S/C25H25N3O4S/c1-16-20(17-4-7-19(8-5-17)33(30)28(2)3)9-11-23(26-16)27-24(29)25(12-13-25)18-6-10-21-22(14-18)32-15-31-21/h4-11,14H,12-13,15H2,1-3H3,(H,26,27,29). The van der Waals surface area contributed by atoms with Crippen molar-refractivity contribution in [2.45, 2.75) is 30.1 Å². The van der Waals surface area contributed by atoms with Gasteiger partial charge in [0.05, 0.1) is 10.3 Å². The number of hydrogen-bond donors (Lipinski definition) is 1. The third kappa shape index (κ3) is 4.00. The van der Waals surface area contributed by atoms with Crippen LogP contribution in [0.1, 0.15) is 24.1 Å². The molecule has 0 bridgehead atoms. The summed E-state index contributed by atoms with van der Waals surface area (Å²) in [6, 6.07) is 17.1. The summed E-state index contributed by atoms with van der Waals surface area (Å²) in [5, 5.41) is 3.00. The Morgan fingerprint density at radius 2 is 1.76 bits per heavy atom. The Hall–Kier alpha value is -3.23. The number of hydrogen-bond acceptors (Lipinski definition) is 5. The molecule has 1 N–H and O–H groups in total. The number of carbonyl (C=O) groups is 1. The van der Waals surface area contributed by atoms with Gasteiger partial charge in [-0.2, -0.15) is 0 Å². The quantitative estimate of drug-likeness (QED) is 0.597. The van der Waals surface area contributed by atoms with Crippen LogP contribution in [0.25, 0.3) is 11.1 Å². The maximum absolute atomic E-state index is 13.2. The number of carbonyl (C=O) groups excluding carboxylic acids is 1. The molecule has 1 aliphatic carbocycles. The highest BCUT2D eigenvalue weighted by Gasteiger charge is 2.51. The number of benzene rings is 2. The third-order valence-corrected chi connectivity index (χ3v) is 7.47. The van der Waals surface area contributed by atoms with Crippen molar-refractivity contribution < 1.29 is 18.5 Å². The molecule has 0 radical (unpaired) electrons. The number of rotatable bonds is 6. The summed E-state index contributed by atoms with van der Waals surface area (Å²) in [4.78, 5) is 18.5. The van der Waals surface area contributed by atoms with Gasteiger partial charge < -0.3 is 14.8 Å². The van der Waals surface area contributed by atoms with Crippen LogP contribution in [0.3, 0.4) is 0 Å². The van der Waals surface area contributed by atoms with Gasteiger partial charge in [-0.05, 0) is 81.4 Å². The van der Waals surface area contributed by atoms with Gasteiger partial charge in [-0.25, -0.2) is 13.5 Å². The van der Waals surface area contributed by atoms with E-state index >= 15 is 0 Å². The average Bonchev–Trinajstić information content (AvgIpc) is 3.49. The third-order valence-electron chi connectivity index (χ3n) is 6.14.